The molecule has 110 valence electrons. The number of carbonyl (C=O) groups is 1. The molecule has 19 heavy (non-hydrogen) atoms. The summed E-state index contributed by atoms with van der Waals surface area (Å²) >= 11 is 0. The van der Waals surface area contributed by atoms with Crippen molar-refractivity contribution in [3.63, 3.8) is 0 Å². The van der Waals surface area contributed by atoms with Crippen molar-refractivity contribution in [2.45, 2.75) is 12.2 Å². The Morgan fingerprint density at radius 1 is 1.21 bits per heavy atom. The summed E-state index contributed by atoms with van der Waals surface area (Å²) in [5.41, 5.74) is 0. The van der Waals surface area contributed by atoms with Crippen molar-refractivity contribution in [2.75, 3.05) is 52.4 Å². The molecule has 0 spiro atoms. The molecule has 2 saturated heterocycles. The second-order valence-electron chi connectivity index (χ2n) is 5.02. The number of hydrogen-bond donors (Lipinski definition) is 2. The van der Waals surface area contributed by atoms with Gasteiger partial charge in [-0.3, -0.25) is 14.6 Å². The fourth-order valence-electron chi connectivity index (χ4n) is 2.28. The van der Waals surface area contributed by atoms with E-state index in [0.29, 0.717) is 6.04 Å². The largest absolute Gasteiger partial charge is 0.405 e. The van der Waals surface area contributed by atoms with Gasteiger partial charge in [0, 0.05) is 45.3 Å². The van der Waals surface area contributed by atoms with Gasteiger partial charge in [0.15, 0.2) is 0 Å². The van der Waals surface area contributed by atoms with E-state index in [-0.39, 0.29) is 6.54 Å². The highest BCUT2D eigenvalue weighted by molar-refractivity contribution is 5.78. The second-order valence-corrected chi connectivity index (χ2v) is 5.02. The molecule has 1 amide bonds. The van der Waals surface area contributed by atoms with Crippen LogP contribution in [-0.2, 0) is 4.79 Å². The molecule has 2 fully saturated rings. The Morgan fingerprint density at radius 2 is 1.84 bits per heavy atom. The lowest BCUT2D eigenvalue weighted by Gasteiger charge is -2.43. The zero-order chi connectivity index (χ0) is 13.9. The summed E-state index contributed by atoms with van der Waals surface area (Å²) in [4.78, 5) is 15.6. The lowest BCUT2D eigenvalue weighted by molar-refractivity contribution is -0.139. The van der Waals surface area contributed by atoms with Gasteiger partial charge in [-0.15, -0.1) is 0 Å². The Labute approximate surface area is 110 Å². The SMILES string of the molecule is O=C(CN1CCN(C2CNC2)CC1)NCC(F)(F)F. The summed E-state index contributed by atoms with van der Waals surface area (Å²) < 4.78 is 35.8. The predicted octanol–water partition coefficient (Wildman–Crippen LogP) is -0.746. The van der Waals surface area contributed by atoms with Crippen molar-refractivity contribution in [1.82, 2.24) is 20.4 Å². The Hall–Kier alpha value is -0.860. The number of carbonyl (C=O) groups excluding carboxylic acids is 1. The van der Waals surface area contributed by atoms with Gasteiger partial charge in [-0.05, 0) is 0 Å². The number of amides is 1. The van der Waals surface area contributed by atoms with Crippen LogP contribution in [0.5, 0.6) is 0 Å². The Morgan fingerprint density at radius 3 is 2.32 bits per heavy atom. The summed E-state index contributed by atoms with van der Waals surface area (Å²) in [6.45, 7) is 4.02. The molecule has 0 aliphatic carbocycles. The third-order valence-corrected chi connectivity index (χ3v) is 3.54. The van der Waals surface area contributed by atoms with Crippen LogP contribution in [0.3, 0.4) is 0 Å². The Bertz CT molecular complexity index is 312. The number of piperazine rings is 1. The zero-order valence-corrected chi connectivity index (χ0v) is 10.7. The van der Waals surface area contributed by atoms with E-state index < -0.39 is 18.6 Å². The lowest BCUT2D eigenvalue weighted by atomic mass is 10.1. The van der Waals surface area contributed by atoms with Gasteiger partial charge < -0.3 is 10.6 Å². The second kappa shape index (κ2) is 6.06. The fourth-order valence-corrected chi connectivity index (χ4v) is 2.28. The summed E-state index contributed by atoms with van der Waals surface area (Å²) in [6.07, 6.45) is -4.34. The van der Waals surface area contributed by atoms with Crippen molar-refractivity contribution in [3.8, 4) is 0 Å². The van der Waals surface area contributed by atoms with Crippen LogP contribution >= 0.6 is 0 Å². The maximum atomic E-state index is 11.9. The van der Waals surface area contributed by atoms with Gasteiger partial charge in [-0.2, -0.15) is 13.2 Å². The van der Waals surface area contributed by atoms with Crippen LogP contribution in [0, 0.1) is 0 Å². The monoisotopic (exact) mass is 280 g/mol. The molecule has 8 heteroatoms. The molecule has 0 atom stereocenters. The number of nitrogens with zero attached hydrogens (tertiary/aromatic N) is 2. The standard InChI is InChI=1S/C11H19F3N4O/c12-11(13,14)8-16-10(19)7-17-1-3-18(4-2-17)9-5-15-6-9/h9,15H,1-8H2,(H,16,19). The van der Waals surface area contributed by atoms with Crippen molar-refractivity contribution < 1.29 is 18.0 Å². The molecular formula is C11H19F3N4O. The first-order valence-electron chi connectivity index (χ1n) is 6.44. The quantitative estimate of drug-likeness (QED) is 0.712. The molecule has 0 unspecified atom stereocenters. The average Bonchev–Trinajstić information content (AvgIpc) is 2.26. The van der Waals surface area contributed by atoms with Gasteiger partial charge in [-0.25, -0.2) is 0 Å². The first-order valence-corrected chi connectivity index (χ1v) is 6.44. The van der Waals surface area contributed by atoms with Crippen molar-refractivity contribution in [3.05, 3.63) is 0 Å². The Kier molecular flexibility index (Phi) is 4.64. The third kappa shape index (κ3) is 4.63. The van der Waals surface area contributed by atoms with Crippen LogP contribution < -0.4 is 10.6 Å². The molecule has 0 saturated carbocycles. The molecule has 0 radical (unpaired) electrons. The van der Waals surface area contributed by atoms with Crippen LogP contribution in [0.1, 0.15) is 0 Å². The number of rotatable bonds is 4. The highest BCUT2D eigenvalue weighted by Crippen LogP contribution is 2.12. The van der Waals surface area contributed by atoms with Gasteiger partial charge in [0.25, 0.3) is 0 Å². The maximum Gasteiger partial charge on any atom is 0.405 e. The molecule has 0 aromatic rings. The smallest absolute Gasteiger partial charge is 0.346 e. The van der Waals surface area contributed by atoms with Gasteiger partial charge in [0.2, 0.25) is 5.91 Å². The molecule has 2 aliphatic heterocycles. The van der Waals surface area contributed by atoms with E-state index in [1.807, 2.05) is 10.2 Å². The van der Waals surface area contributed by atoms with Crippen LogP contribution in [0.4, 0.5) is 13.2 Å². The van der Waals surface area contributed by atoms with Gasteiger partial charge in [0.05, 0.1) is 6.54 Å². The Balaban J connectivity index is 1.63. The fraction of sp³-hybridized carbons (Fsp3) is 0.909. The number of halogens is 3. The number of nitrogens with one attached hydrogen (secondary N) is 2. The number of alkyl halides is 3. The highest BCUT2D eigenvalue weighted by atomic mass is 19.4. The molecule has 5 nitrogen and oxygen atoms in total. The van der Waals surface area contributed by atoms with Crippen LogP contribution in [0.25, 0.3) is 0 Å². The van der Waals surface area contributed by atoms with Crippen molar-refractivity contribution in [1.29, 1.82) is 0 Å². The molecule has 0 bridgehead atoms. The minimum absolute atomic E-state index is 0.0484. The summed E-state index contributed by atoms with van der Waals surface area (Å²) in [6, 6.07) is 0.584. The summed E-state index contributed by atoms with van der Waals surface area (Å²) in [7, 11) is 0. The first-order chi connectivity index (χ1) is 8.94. The normalized spacial score (nSPS) is 23.1. The molecule has 0 aromatic heterocycles. The van der Waals surface area contributed by atoms with Gasteiger partial charge in [-0.1, -0.05) is 0 Å². The van der Waals surface area contributed by atoms with E-state index in [0.717, 1.165) is 39.3 Å². The number of hydrogen-bond acceptors (Lipinski definition) is 4. The van der Waals surface area contributed by atoms with E-state index in [4.69, 9.17) is 0 Å². The predicted molar refractivity (Wildman–Crippen MR) is 63.7 cm³/mol. The van der Waals surface area contributed by atoms with Gasteiger partial charge >= 0.3 is 6.18 Å². The molecule has 2 N–H and O–H groups in total. The molecule has 2 rings (SSSR count). The maximum absolute atomic E-state index is 11.9. The molecular weight excluding hydrogens is 261 g/mol. The summed E-state index contributed by atoms with van der Waals surface area (Å²) in [5, 5.41) is 5.10. The van der Waals surface area contributed by atoms with E-state index in [9.17, 15) is 18.0 Å². The first kappa shape index (κ1) is 14.5. The van der Waals surface area contributed by atoms with Crippen molar-refractivity contribution in [2.24, 2.45) is 0 Å². The molecule has 2 aliphatic rings. The van der Waals surface area contributed by atoms with Crippen molar-refractivity contribution >= 4 is 5.91 Å². The van der Waals surface area contributed by atoms with Gasteiger partial charge in [0.1, 0.15) is 6.54 Å². The zero-order valence-electron chi connectivity index (χ0n) is 10.7. The lowest BCUT2D eigenvalue weighted by Crippen LogP contribution is -2.62. The van der Waals surface area contributed by atoms with E-state index in [1.54, 1.807) is 0 Å². The molecule has 2 heterocycles. The average molecular weight is 280 g/mol. The molecule has 0 aromatic carbocycles. The van der Waals surface area contributed by atoms with Crippen LogP contribution in [0.15, 0.2) is 0 Å². The van der Waals surface area contributed by atoms with Crippen LogP contribution in [-0.4, -0.2) is 80.3 Å². The third-order valence-electron chi connectivity index (χ3n) is 3.54. The van der Waals surface area contributed by atoms with E-state index in [2.05, 4.69) is 10.2 Å². The highest BCUT2D eigenvalue weighted by Gasteiger charge is 2.30. The minimum atomic E-state index is -4.34. The topological polar surface area (TPSA) is 47.6 Å². The summed E-state index contributed by atoms with van der Waals surface area (Å²) in [5.74, 6) is -0.559. The minimum Gasteiger partial charge on any atom is -0.346 e. The van der Waals surface area contributed by atoms with E-state index in [1.165, 1.54) is 0 Å². The van der Waals surface area contributed by atoms with E-state index >= 15 is 0 Å². The van der Waals surface area contributed by atoms with Crippen LogP contribution in [0.2, 0.25) is 0 Å².